The molecule has 1 saturated heterocycles. The molecule has 1 atom stereocenters. The van der Waals surface area contributed by atoms with E-state index in [9.17, 15) is 15.0 Å². The number of ether oxygens (including phenoxy) is 3. The number of carboxylic acid groups (broad SMARTS) is 1. The Morgan fingerprint density at radius 1 is 1.08 bits per heavy atom. The molecule has 0 bridgehead atoms. The molecule has 2 aliphatic heterocycles. The number of fused-ring (bicyclic) bond motifs is 1. The standard InChI is InChI=1S/C30H32ClNO6.ClH/c1-36-25-6-2-20(3-7-25)14-21-4-8-26(29(34)35)28(15-21)37-19-24(33)18-32-12-10-30(11-13-32)17-22-16-23(31)5-9-27(22)38-30;/h2-9,15-16,24,33H,10-14,17-19H2,1H3,(H,34,35);1H/t24-;/m0./s1. The van der Waals surface area contributed by atoms with Crippen LogP contribution in [0, 0.1) is 0 Å². The number of hydrogen-bond donors (Lipinski definition) is 2. The number of aromatic carboxylic acids is 1. The first-order valence-electron chi connectivity index (χ1n) is 12.8. The Kier molecular flexibility index (Phi) is 9.28. The molecular weight excluding hydrogens is 541 g/mol. The topological polar surface area (TPSA) is 88.5 Å². The molecule has 2 N–H and O–H groups in total. The van der Waals surface area contributed by atoms with Crippen LogP contribution in [-0.2, 0) is 12.8 Å². The van der Waals surface area contributed by atoms with Crippen molar-refractivity contribution in [2.24, 2.45) is 0 Å². The molecule has 7 nitrogen and oxygen atoms in total. The van der Waals surface area contributed by atoms with E-state index >= 15 is 0 Å². The minimum atomic E-state index is -1.06. The Morgan fingerprint density at radius 3 is 2.49 bits per heavy atom. The van der Waals surface area contributed by atoms with Crippen LogP contribution >= 0.6 is 24.0 Å². The van der Waals surface area contributed by atoms with E-state index in [-0.39, 0.29) is 35.9 Å². The predicted molar refractivity (Wildman–Crippen MR) is 152 cm³/mol. The Labute approximate surface area is 239 Å². The van der Waals surface area contributed by atoms with Crippen molar-refractivity contribution in [1.29, 1.82) is 0 Å². The van der Waals surface area contributed by atoms with Crippen LogP contribution in [0.1, 0.15) is 39.9 Å². The van der Waals surface area contributed by atoms with Gasteiger partial charge in [0.1, 0.15) is 41.1 Å². The fourth-order valence-corrected chi connectivity index (χ4v) is 5.51. The third-order valence-electron chi connectivity index (χ3n) is 7.37. The summed E-state index contributed by atoms with van der Waals surface area (Å²) in [5.74, 6) is 0.893. The van der Waals surface area contributed by atoms with E-state index in [1.165, 1.54) is 0 Å². The second kappa shape index (κ2) is 12.5. The molecule has 0 amide bonds. The van der Waals surface area contributed by atoms with Crippen LogP contribution in [0.25, 0.3) is 0 Å². The van der Waals surface area contributed by atoms with E-state index in [0.717, 1.165) is 65.6 Å². The van der Waals surface area contributed by atoms with Gasteiger partial charge in [-0.05, 0) is 65.6 Å². The van der Waals surface area contributed by atoms with Gasteiger partial charge in [0.05, 0.1) is 7.11 Å². The molecular formula is C30H33Cl2NO6. The lowest BCUT2D eigenvalue weighted by atomic mass is 9.87. The third kappa shape index (κ3) is 6.97. The molecule has 1 fully saturated rings. The number of nitrogens with zero attached hydrogens (tertiary/aromatic N) is 1. The van der Waals surface area contributed by atoms with Crippen molar-refractivity contribution in [3.8, 4) is 17.2 Å². The molecule has 9 heteroatoms. The molecule has 0 radical (unpaired) electrons. The van der Waals surface area contributed by atoms with Crippen LogP contribution in [-0.4, -0.2) is 66.1 Å². The number of likely N-dealkylation sites (tertiary alicyclic amines) is 1. The summed E-state index contributed by atoms with van der Waals surface area (Å²) in [6.07, 6.45) is 2.45. The number of hydrogen-bond acceptors (Lipinski definition) is 6. The molecule has 0 aliphatic carbocycles. The van der Waals surface area contributed by atoms with Crippen LogP contribution in [0.2, 0.25) is 5.02 Å². The molecule has 3 aromatic rings. The largest absolute Gasteiger partial charge is 0.497 e. The van der Waals surface area contributed by atoms with Crippen molar-refractivity contribution < 1.29 is 29.2 Å². The maximum absolute atomic E-state index is 11.8. The highest BCUT2D eigenvalue weighted by Crippen LogP contribution is 2.42. The van der Waals surface area contributed by atoms with E-state index in [4.69, 9.17) is 25.8 Å². The fourth-order valence-electron chi connectivity index (χ4n) is 5.31. The van der Waals surface area contributed by atoms with Gasteiger partial charge in [-0.2, -0.15) is 0 Å². The molecule has 0 unspecified atom stereocenters. The van der Waals surface area contributed by atoms with E-state index in [0.29, 0.717) is 13.0 Å². The average molecular weight is 575 g/mol. The first-order valence-corrected chi connectivity index (χ1v) is 13.2. The zero-order valence-corrected chi connectivity index (χ0v) is 23.3. The zero-order valence-electron chi connectivity index (χ0n) is 21.8. The van der Waals surface area contributed by atoms with Gasteiger partial charge in [-0.25, -0.2) is 4.79 Å². The van der Waals surface area contributed by atoms with Gasteiger partial charge in [0.2, 0.25) is 0 Å². The molecule has 2 heterocycles. The molecule has 208 valence electrons. The molecule has 3 aromatic carbocycles. The van der Waals surface area contributed by atoms with Gasteiger partial charge in [-0.15, -0.1) is 12.4 Å². The quantitative estimate of drug-likeness (QED) is 0.360. The SMILES string of the molecule is COc1ccc(Cc2ccc(C(=O)O)c(OC[C@@H](O)CN3CCC4(CC3)Cc3cc(Cl)ccc3O4)c2)cc1.Cl. The van der Waals surface area contributed by atoms with Gasteiger partial charge >= 0.3 is 5.97 Å². The lowest BCUT2D eigenvalue weighted by Gasteiger charge is -2.39. The first kappa shape index (κ1) is 29.0. The predicted octanol–water partition coefficient (Wildman–Crippen LogP) is 5.27. The summed E-state index contributed by atoms with van der Waals surface area (Å²) in [6.45, 7) is 2.06. The minimum Gasteiger partial charge on any atom is -0.497 e. The number of aliphatic hydroxyl groups excluding tert-OH is 1. The van der Waals surface area contributed by atoms with Gasteiger partial charge in [0.25, 0.3) is 0 Å². The fraction of sp³-hybridized carbons (Fsp3) is 0.367. The summed E-state index contributed by atoms with van der Waals surface area (Å²) < 4.78 is 17.4. The van der Waals surface area contributed by atoms with Gasteiger partial charge in [0.15, 0.2) is 0 Å². The van der Waals surface area contributed by atoms with Crippen molar-refractivity contribution in [2.75, 3.05) is 33.4 Å². The van der Waals surface area contributed by atoms with Crippen molar-refractivity contribution in [2.45, 2.75) is 37.4 Å². The highest BCUT2D eigenvalue weighted by atomic mass is 35.5. The summed E-state index contributed by atoms with van der Waals surface area (Å²) in [5, 5.41) is 21.1. The lowest BCUT2D eigenvalue weighted by Crippen LogP contribution is -2.49. The summed E-state index contributed by atoms with van der Waals surface area (Å²) in [7, 11) is 1.62. The lowest BCUT2D eigenvalue weighted by molar-refractivity contribution is -0.00203. The summed E-state index contributed by atoms with van der Waals surface area (Å²) in [4.78, 5) is 14.0. The Balaban J connectivity index is 0.00000353. The second-order valence-corrected chi connectivity index (χ2v) is 10.6. The highest BCUT2D eigenvalue weighted by molar-refractivity contribution is 6.30. The number of methoxy groups -OCH3 is 1. The molecule has 39 heavy (non-hydrogen) atoms. The number of carboxylic acids is 1. The van der Waals surface area contributed by atoms with Crippen LogP contribution in [0.5, 0.6) is 17.2 Å². The van der Waals surface area contributed by atoms with Gasteiger partial charge < -0.3 is 29.3 Å². The van der Waals surface area contributed by atoms with Gasteiger partial charge in [0, 0.05) is 43.9 Å². The Hall–Kier alpha value is -2.97. The van der Waals surface area contributed by atoms with E-state index in [2.05, 4.69) is 4.90 Å². The van der Waals surface area contributed by atoms with Crippen molar-refractivity contribution >= 4 is 30.0 Å². The van der Waals surface area contributed by atoms with Crippen molar-refractivity contribution in [3.05, 3.63) is 87.9 Å². The summed E-state index contributed by atoms with van der Waals surface area (Å²) in [6, 6.07) is 18.6. The van der Waals surface area contributed by atoms with Crippen LogP contribution < -0.4 is 14.2 Å². The maximum atomic E-state index is 11.8. The van der Waals surface area contributed by atoms with Crippen molar-refractivity contribution in [3.63, 3.8) is 0 Å². The minimum absolute atomic E-state index is 0. The normalized spacial score (nSPS) is 16.6. The Bertz CT molecular complexity index is 1290. The van der Waals surface area contributed by atoms with Crippen molar-refractivity contribution in [1.82, 2.24) is 4.90 Å². The summed E-state index contributed by atoms with van der Waals surface area (Å²) in [5.41, 5.74) is 3.02. The number of aliphatic hydroxyl groups is 1. The van der Waals surface area contributed by atoms with Crippen LogP contribution in [0.3, 0.4) is 0 Å². The highest BCUT2D eigenvalue weighted by Gasteiger charge is 2.42. The van der Waals surface area contributed by atoms with E-state index in [1.807, 2.05) is 42.5 Å². The number of β-amino-alcohol motifs (C(OH)–C–C–N with tert-alkyl or cyclic N) is 1. The monoisotopic (exact) mass is 573 g/mol. The smallest absolute Gasteiger partial charge is 0.339 e. The molecule has 5 rings (SSSR count). The van der Waals surface area contributed by atoms with E-state index < -0.39 is 12.1 Å². The van der Waals surface area contributed by atoms with Gasteiger partial charge in [-0.1, -0.05) is 29.8 Å². The Morgan fingerprint density at radius 2 is 1.79 bits per heavy atom. The average Bonchev–Trinajstić information content (AvgIpc) is 3.26. The van der Waals surface area contributed by atoms with Crippen LogP contribution in [0.4, 0.5) is 0 Å². The number of rotatable bonds is 9. The molecule has 0 saturated carbocycles. The number of benzene rings is 3. The third-order valence-corrected chi connectivity index (χ3v) is 7.61. The first-order chi connectivity index (χ1) is 18.3. The number of piperidine rings is 1. The van der Waals surface area contributed by atoms with E-state index in [1.54, 1.807) is 25.3 Å². The maximum Gasteiger partial charge on any atom is 0.339 e. The summed E-state index contributed by atoms with van der Waals surface area (Å²) >= 11 is 6.15. The zero-order chi connectivity index (χ0) is 26.7. The number of carbonyl (C=O) groups is 1. The molecule has 1 spiro atoms. The second-order valence-electron chi connectivity index (χ2n) is 10.1. The molecule has 2 aliphatic rings. The molecule has 0 aromatic heterocycles. The van der Waals surface area contributed by atoms with Crippen LogP contribution in [0.15, 0.2) is 60.7 Å². The van der Waals surface area contributed by atoms with Gasteiger partial charge in [-0.3, -0.25) is 0 Å². The number of halogens is 2.